The fourth-order valence-corrected chi connectivity index (χ4v) is 2.05. The molecule has 0 saturated heterocycles. The van der Waals surface area contributed by atoms with Crippen LogP contribution in [0.25, 0.3) is 5.57 Å². The topological polar surface area (TPSA) is 102 Å². The lowest BCUT2D eigenvalue weighted by Gasteiger charge is -1.98. The molecule has 7 nitrogen and oxygen atoms in total. The summed E-state index contributed by atoms with van der Waals surface area (Å²) in [6.07, 6.45) is 2.46. The summed E-state index contributed by atoms with van der Waals surface area (Å²) in [4.78, 5) is 34.1. The summed E-state index contributed by atoms with van der Waals surface area (Å²) < 4.78 is 4.96. The van der Waals surface area contributed by atoms with Gasteiger partial charge in [0.25, 0.3) is 11.6 Å². The Balaban J connectivity index is 2.05. The first-order valence-corrected chi connectivity index (χ1v) is 5.96. The molecular weight excluding hydrogens is 276 g/mol. The van der Waals surface area contributed by atoms with Crippen LogP contribution in [-0.4, -0.2) is 16.6 Å². The minimum atomic E-state index is -0.560. The van der Waals surface area contributed by atoms with Gasteiger partial charge in [0.05, 0.1) is 16.8 Å². The highest BCUT2D eigenvalue weighted by atomic mass is 16.6. The molecular formula is C14H8N2O5. The third-order valence-electron chi connectivity index (χ3n) is 3.04. The van der Waals surface area contributed by atoms with Gasteiger partial charge in [-0.2, -0.15) is 0 Å². The van der Waals surface area contributed by atoms with Gasteiger partial charge in [-0.15, -0.1) is 0 Å². The van der Waals surface area contributed by atoms with E-state index in [9.17, 15) is 19.7 Å². The molecule has 1 aliphatic rings. The van der Waals surface area contributed by atoms with E-state index in [0.29, 0.717) is 11.3 Å². The van der Waals surface area contributed by atoms with Crippen molar-refractivity contribution in [3.8, 4) is 0 Å². The number of allylic oxidation sites excluding steroid dienone is 1. The van der Waals surface area contributed by atoms with E-state index in [1.807, 2.05) is 0 Å². The van der Waals surface area contributed by atoms with Gasteiger partial charge in [0.1, 0.15) is 0 Å². The van der Waals surface area contributed by atoms with Crippen LogP contribution in [0.3, 0.4) is 0 Å². The van der Waals surface area contributed by atoms with Crippen LogP contribution in [0.1, 0.15) is 16.1 Å². The predicted molar refractivity (Wildman–Crippen MR) is 72.7 cm³/mol. The number of non-ortho nitro benzene ring substituents is 1. The first-order chi connectivity index (χ1) is 10.1. The Labute approximate surface area is 118 Å². The van der Waals surface area contributed by atoms with Crippen LogP contribution in [0.5, 0.6) is 0 Å². The standard InChI is InChI=1S/C14H8N2O5/c17-12(13-2-1-5-21-13)7-10-9-6-8(16(19)20)3-4-11(9)15-14(10)18/h1-7H,(H,15,18). The molecule has 0 atom stereocenters. The van der Waals surface area contributed by atoms with Gasteiger partial charge >= 0.3 is 0 Å². The molecule has 1 N–H and O–H groups in total. The third kappa shape index (κ3) is 2.20. The van der Waals surface area contributed by atoms with Crippen molar-refractivity contribution in [3.05, 3.63) is 64.1 Å². The quantitative estimate of drug-likeness (QED) is 0.403. The van der Waals surface area contributed by atoms with E-state index < -0.39 is 16.6 Å². The highest BCUT2D eigenvalue weighted by Crippen LogP contribution is 2.34. The second-order valence-electron chi connectivity index (χ2n) is 4.34. The number of nitro benzene ring substituents is 1. The minimum Gasteiger partial charge on any atom is -0.461 e. The summed E-state index contributed by atoms with van der Waals surface area (Å²) in [6, 6.07) is 7.01. The smallest absolute Gasteiger partial charge is 0.270 e. The molecule has 3 rings (SSSR count). The number of rotatable bonds is 3. The van der Waals surface area contributed by atoms with Crippen molar-refractivity contribution in [1.29, 1.82) is 0 Å². The largest absolute Gasteiger partial charge is 0.461 e. The molecule has 104 valence electrons. The molecule has 1 aromatic heterocycles. The molecule has 2 heterocycles. The Kier molecular flexibility index (Phi) is 2.87. The molecule has 2 aromatic rings. The molecule has 7 heteroatoms. The fraction of sp³-hybridized carbons (Fsp3) is 0. The van der Waals surface area contributed by atoms with Crippen molar-refractivity contribution in [2.45, 2.75) is 0 Å². The van der Waals surface area contributed by atoms with Crippen molar-refractivity contribution in [3.63, 3.8) is 0 Å². The number of ketones is 1. The molecule has 1 aromatic carbocycles. The monoisotopic (exact) mass is 284 g/mol. The molecule has 0 spiro atoms. The number of nitro groups is 1. The zero-order chi connectivity index (χ0) is 15.0. The molecule has 0 radical (unpaired) electrons. The second kappa shape index (κ2) is 4.71. The Bertz CT molecular complexity index is 790. The number of nitrogens with one attached hydrogen (secondary N) is 1. The van der Waals surface area contributed by atoms with Crippen LogP contribution in [0.2, 0.25) is 0 Å². The average molecular weight is 284 g/mol. The number of carbonyl (C=O) groups is 2. The number of nitrogens with zero attached hydrogens (tertiary/aromatic N) is 1. The molecule has 0 bridgehead atoms. The summed E-state index contributed by atoms with van der Waals surface area (Å²) in [6.45, 7) is 0. The number of hydrogen-bond donors (Lipinski definition) is 1. The highest BCUT2D eigenvalue weighted by molar-refractivity contribution is 6.34. The van der Waals surface area contributed by atoms with Crippen molar-refractivity contribution in [2.75, 3.05) is 5.32 Å². The first kappa shape index (κ1) is 12.8. The molecule has 1 aliphatic heterocycles. The molecule has 0 fully saturated rings. The number of hydrogen-bond acceptors (Lipinski definition) is 5. The molecule has 1 amide bonds. The average Bonchev–Trinajstić information content (AvgIpc) is 3.07. The zero-order valence-electron chi connectivity index (χ0n) is 10.5. The van der Waals surface area contributed by atoms with Crippen LogP contribution in [0.15, 0.2) is 47.1 Å². The van der Waals surface area contributed by atoms with Gasteiger partial charge in [-0.3, -0.25) is 19.7 Å². The summed E-state index contributed by atoms with van der Waals surface area (Å²) in [5.74, 6) is -0.871. The number of amides is 1. The highest BCUT2D eigenvalue weighted by Gasteiger charge is 2.27. The lowest BCUT2D eigenvalue weighted by atomic mass is 10.0. The van der Waals surface area contributed by atoms with Gasteiger partial charge < -0.3 is 9.73 Å². The maximum atomic E-state index is 12.0. The van der Waals surface area contributed by atoms with Crippen LogP contribution in [0, 0.1) is 10.1 Å². The number of fused-ring (bicyclic) bond motifs is 1. The van der Waals surface area contributed by atoms with E-state index in [0.717, 1.165) is 6.08 Å². The van der Waals surface area contributed by atoms with Gasteiger partial charge in [-0.1, -0.05) is 0 Å². The van der Waals surface area contributed by atoms with Crippen molar-refractivity contribution in [1.82, 2.24) is 0 Å². The van der Waals surface area contributed by atoms with E-state index in [2.05, 4.69) is 5.32 Å². The van der Waals surface area contributed by atoms with E-state index in [4.69, 9.17) is 4.42 Å². The minimum absolute atomic E-state index is 0.0788. The maximum Gasteiger partial charge on any atom is 0.270 e. The SMILES string of the molecule is O=C1Nc2ccc([N+](=O)[O-])cc2C1=CC(=O)c1ccco1. The normalized spacial score (nSPS) is 14.9. The molecule has 0 aliphatic carbocycles. The van der Waals surface area contributed by atoms with Gasteiger partial charge in [0.15, 0.2) is 5.76 Å². The molecule has 0 unspecified atom stereocenters. The Morgan fingerprint density at radius 2 is 2.14 bits per heavy atom. The van der Waals surface area contributed by atoms with E-state index in [1.165, 1.54) is 30.5 Å². The number of benzene rings is 1. The van der Waals surface area contributed by atoms with Crippen molar-refractivity contribution < 1.29 is 18.9 Å². The third-order valence-corrected chi connectivity index (χ3v) is 3.04. The van der Waals surface area contributed by atoms with Crippen LogP contribution in [-0.2, 0) is 4.79 Å². The summed E-state index contributed by atoms with van der Waals surface area (Å²) in [5.41, 5.74) is 0.690. The predicted octanol–water partition coefficient (Wildman–Crippen LogP) is 2.41. The maximum absolute atomic E-state index is 12.0. The van der Waals surface area contributed by atoms with E-state index in [1.54, 1.807) is 6.07 Å². The van der Waals surface area contributed by atoms with Crippen LogP contribution >= 0.6 is 0 Å². The zero-order valence-corrected chi connectivity index (χ0v) is 10.5. The van der Waals surface area contributed by atoms with Crippen molar-refractivity contribution in [2.24, 2.45) is 0 Å². The molecule has 0 saturated carbocycles. The van der Waals surface area contributed by atoms with Crippen LogP contribution < -0.4 is 5.32 Å². The summed E-state index contributed by atoms with van der Waals surface area (Å²) in [5, 5.41) is 13.3. The van der Waals surface area contributed by atoms with E-state index >= 15 is 0 Å². The summed E-state index contributed by atoms with van der Waals surface area (Å²) in [7, 11) is 0. The Hall–Kier alpha value is -3.22. The van der Waals surface area contributed by atoms with Gasteiger partial charge in [0.2, 0.25) is 5.78 Å². The fourth-order valence-electron chi connectivity index (χ4n) is 2.05. The number of anilines is 1. The lowest BCUT2D eigenvalue weighted by Crippen LogP contribution is -2.05. The van der Waals surface area contributed by atoms with Crippen molar-refractivity contribution >= 4 is 28.6 Å². The van der Waals surface area contributed by atoms with Gasteiger partial charge in [-0.25, -0.2) is 0 Å². The number of carbonyl (C=O) groups excluding carboxylic acids is 2. The number of furan rings is 1. The Morgan fingerprint density at radius 3 is 2.81 bits per heavy atom. The Morgan fingerprint density at radius 1 is 1.33 bits per heavy atom. The van der Waals surface area contributed by atoms with Gasteiger partial charge in [0, 0.05) is 29.5 Å². The lowest BCUT2D eigenvalue weighted by molar-refractivity contribution is -0.384. The molecule has 21 heavy (non-hydrogen) atoms. The van der Waals surface area contributed by atoms with Crippen LogP contribution in [0.4, 0.5) is 11.4 Å². The second-order valence-corrected chi connectivity index (χ2v) is 4.34. The summed E-state index contributed by atoms with van der Waals surface area (Å²) >= 11 is 0. The van der Waals surface area contributed by atoms with Gasteiger partial charge in [-0.05, 0) is 18.2 Å². The van der Waals surface area contributed by atoms with E-state index in [-0.39, 0.29) is 17.0 Å². The first-order valence-electron chi connectivity index (χ1n) is 5.96.